The minimum absolute atomic E-state index is 0.385. The molecule has 2 aromatic rings. The highest BCUT2D eigenvalue weighted by Crippen LogP contribution is 2.52. The van der Waals surface area contributed by atoms with Crippen molar-refractivity contribution in [2.75, 3.05) is 27.1 Å². The second-order valence-corrected chi connectivity index (χ2v) is 8.75. The van der Waals surface area contributed by atoms with Crippen LogP contribution in [0.15, 0.2) is 36.4 Å². The van der Waals surface area contributed by atoms with Crippen LogP contribution in [0, 0.1) is 0 Å². The molecule has 3 rings (SSSR count). The Morgan fingerprint density at radius 2 is 1.84 bits per heavy atom. The highest BCUT2D eigenvalue weighted by Gasteiger charge is 2.43. The fourth-order valence-electron chi connectivity index (χ4n) is 3.65. The maximum absolute atomic E-state index is 13.1. The van der Waals surface area contributed by atoms with E-state index in [1.807, 2.05) is 30.3 Å². The molecule has 2 atom stereocenters. The SMILES string of the molecule is CCCCSC(=S)NC1C(=O)Oc2cc(OC)c(OC)c(OC)c2C1c1ccccc1. The highest BCUT2D eigenvalue weighted by atomic mass is 32.2. The summed E-state index contributed by atoms with van der Waals surface area (Å²) in [6, 6.07) is 10.7. The third-order valence-corrected chi connectivity index (χ3v) is 6.45. The zero-order valence-corrected chi connectivity index (χ0v) is 19.7. The first-order valence-corrected chi connectivity index (χ1v) is 11.5. The van der Waals surface area contributed by atoms with Crippen molar-refractivity contribution >= 4 is 34.3 Å². The van der Waals surface area contributed by atoms with E-state index in [1.165, 1.54) is 18.9 Å². The van der Waals surface area contributed by atoms with Crippen LogP contribution >= 0.6 is 24.0 Å². The van der Waals surface area contributed by atoms with Crippen LogP contribution in [0.25, 0.3) is 0 Å². The van der Waals surface area contributed by atoms with Crippen molar-refractivity contribution in [3.63, 3.8) is 0 Å². The van der Waals surface area contributed by atoms with Crippen LogP contribution in [-0.2, 0) is 4.79 Å². The maximum Gasteiger partial charge on any atom is 0.335 e. The molecule has 0 saturated carbocycles. The second-order valence-electron chi connectivity index (χ2n) is 6.98. The predicted octanol–water partition coefficient (Wildman–Crippen LogP) is 4.54. The van der Waals surface area contributed by atoms with E-state index in [0.29, 0.717) is 32.9 Å². The molecule has 6 nitrogen and oxygen atoms in total. The highest BCUT2D eigenvalue weighted by molar-refractivity contribution is 8.22. The van der Waals surface area contributed by atoms with Gasteiger partial charge in [0, 0.05) is 17.7 Å². The van der Waals surface area contributed by atoms with Crippen molar-refractivity contribution in [1.29, 1.82) is 0 Å². The van der Waals surface area contributed by atoms with Crippen LogP contribution in [0.4, 0.5) is 0 Å². The number of hydrogen-bond acceptors (Lipinski definition) is 7. The smallest absolute Gasteiger partial charge is 0.335 e. The lowest BCUT2D eigenvalue weighted by Crippen LogP contribution is -2.48. The minimum Gasteiger partial charge on any atom is -0.493 e. The van der Waals surface area contributed by atoms with E-state index in [4.69, 9.17) is 31.2 Å². The third-order valence-electron chi connectivity index (χ3n) is 5.10. The number of carbonyl (C=O) groups excluding carboxylic acids is 1. The Kier molecular flexibility index (Phi) is 8.03. The van der Waals surface area contributed by atoms with Crippen LogP contribution in [-0.4, -0.2) is 43.4 Å². The summed E-state index contributed by atoms with van der Waals surface area (Å²) in [5, 5.41) is 3.23. The lowest BCUT2D eigenvalue weighted by molar-refractivity contribution is -0.137. The van der Waals surface area contributed by atoms with Gasteiger partial charge in [-0.25, -0.2) is 4.79 Å². The minimum atomic E-state index is -0.705. The Morgan fingerprint density at radius 3 is 2.45 bits per heavy atom. The quantitative estimate of drug-likeness (QED) is 0.266. The molecular formula is C23H27NO5S2. The Bertz CT molecular complexity index is 935. The van der Waals surface area contributed by atoms with Crippen molar-refractivity contribution in [2.45, 2.75) is 31.7 Å². The molecule has 8 heteroatoms. The van der Waals surface area contributed by atoms with Crippen molar-refractivity contribution < 1.29 is 23.7 Å². The normalized spacial score (nSPS) is 17.4. The Hall–Kier alpha value is -2.45. The fourth-order valence-corrected chi connectivity index (χ4v) is 4.85. The largest absolute Gasteiger partial charge is 0.493 e. The van der Waals surface area contributed by atoms with Gasteiger partial charge in [0.15, 0.2) is 11.5 Å². The van der Waals surface area contributed by atoms with E-state index in [-0.39, 0.29) is 0 Å². The first kappa shape index (κ1) is 23.2. The van der Waals surface area contributed by atoms with Gasteiger partial charge in [0.2, 0.25) is 5.75 Å². The van der Waals surface area contributed by atoms with E-state index in [9.17, 15) is 4.79 Å². The number of thiocarbonyl (C=S) groups is 1. The first-order valence-electron chi connectivity index (χ1n) is 10.1. The van der Waals surface area contributed by atoms with E-state index >= 15 is 0 Å². The number of benzene rings is 2. The molecule has 2 aromatic carbocycles. The molecular weight excluding hydrogens is 434 g/mol. The molecule has 166 valence electrons. The summed E-state index contributed by atoms with van der Waals surface area (Å²) in [4.78, 5) is 13.1. The van der Waals surface area contributed by atoms with Gasteiger partial charge in [0.1, 0.15) is 16.1 Å². The Balaban J connectivity index is 2.12. The molecule has 0 bridgehead atoms. The summed E-state index contributed by atoms with van der Waals surface area (Å²) in [6.45, 7) is 2.13. The number of rotatable bonds is 8. The van der Waals surface area contributed by atoms with Gasteiger partial charge in [-0.1, -0.05) is 67.7 Å². The number of unbranched alkanes of at least 4 members (excludes halogenated alkanes) is 1. The van der Waals surface area contributed by atoms with Gasteiger partial charge in [0.25, 0.3) is 0 Å². The van der Waals surface area contributed by atoms with Crippen LogP contribution in [0.3, 0.4) is 0 Å². The molecule has 0 aromatic heterocycles. The summed E-state index contributed by atoms with van der Waals surface area (Å²) in [6.07, 6.45) is 2.14. The molecule has 2 unspecified atom stereocenters. The van der Waals surface area contributed by atoms with Crippen LogP contribution < -0.4 is 24.3 Å². The standard InChI is InChI=1S/C23H27NO5S2/c1-5-6-12-31-23(30)24-19-17(14-10-8-7-9-11-14)18-15(29-22(19)25)13-16(26-2)20(27-3)21(18)28-4/h7-11,13,17,19H,5-6,12H2,1-4H3,(H,24,30). The summed E-state index contributed by atoms with van der Waals surface area (Å²) >= 11 is 7.06. The van der Waals surface area contributed by atoms with Crippen LogP contribution in [0.1, 0.15) is 36.8 Å². The number of ether oxygens (including phenoxy) is 4. The van der Waals surface area contributed by atoms with Gasteiger partial charge < -0.3 is 24.3 Å². The first-order chi connectivity index (χ1) is 15.0. The Labute approximate surface area is 192 Å². The van der Waals surface area contributed by atoms with Gasteiger partial charge >= 0.3 is 5.97 Å². The molecule has 0 saturated heterocycles. The second kappa shape index (κ2) is 10.7. The predicted molar refractivity (Wildman–Crippen MR) is 127 cm³/mol. The van der Waals surface area contributed by atoms with Crippen LogP contribution in [0.2, 0.25) is 0 Å². The maximum atomic E-state index is 13.1. The zero-order valence-electron chi connectivity index (χ0n) is 18.1. The molecule has 1 aliphatic rings. The molecule has 0 fully saturated rings. The number of methoxy groups -OCH3 is 3. The summed E-state index contributed by atoms with van der Waals surface area (Å²) < 4.78 is 23.0. The van der Waals surface area contributed by atoms with Gasteiger partial charge in [-0.05, 0) is 12.0 Å². The summed E-state index contributed by atoms with van der Waals surface area (Å²) in [5.74, 6) is 1.82. The molecule has 0 aliphatic carbocycles. The van der Waals surface area contributed by atoms with Crippen molar-refractivity contribution in [3.05, 3.63) is 47.5 Å². The number of esters is 1. The molecule has 1 heterocycles. The number of carbonyl (C=O) groups is 1. The van der Waals surface area contributed by atoms with E-state index < -0.39 is 17.9 Å². The molecule has 0 spiro atoms. The molecule has 0 amide bonds. The van der Waals surface area contributed by atoms with Gasteiger partial charge in [-0.3, -0.25) is 0 Å². The van der Waals surface area contributed by atoms with Gasteiger partial charge in [-0.2, -0.15) is 0 Å². The Morgan fingerprint density at radius 1 is 1.13 bits per heavy atom. The van der Waals surface area contributed by atoms with E-state index in [0.717, 1.165) is 24.2 Å². The average molecular weight is 462 g/mol. The number of fused-ring (bicyclic) bond motifs is 1. The fraction of sp³-hybridized carbons (Fsp3) is 0.391. The molecule has 1 aliphatic heterocycles. The zero-order chi connectivity index (χ0) is 22.4. The van der Waals surface area contributed by atoms with Gasteiger partial charge in [0.05, 0.1) is 26.9 Å². The molecule has 31 heavy (non-hydrogen) atoms. The van der Waals surface area contributed by atoms with Crippen LogP contribution in [0.5, 0.6) is 23.0 Å². The summed E-state index contributed by atoms with van der Waals surface area (Å²) in [5.41, 5.74) is 1.65. The van der Waals surface area contributed by atoms with Gasteiger partial charge in [-0.15, -0.1) is 0 Å². The van der Waals surface area contributed by atoms with E-state index in [2.05, 4.69) is 12.2 Å². The molecule has 0 radical (unpaired) electrons. The van der Waals surface area contributed by atoms with Crippen molar-refractivity contribution in [3.8, 4) is 23.0 Å². The topological polar surface area (TPSA) is 66.0 Å². The third kappa shape index (κ3) is 4.91. The lowest BCUT2D eigenvalue weighted by Gasteiger charge is -2.35. The lowest BCUT2D eigenvalue weighted by atomic mass is 9.82. The van der Waals surface area contributed by atoms with Crippen molar-refractivity contribution in [2.24, 2.45) is 0 Å². The van der Waals surface area contributed by atoms with E-state index in [1.54, 1.807) is 20.3 Å². The number of nitrogens with one attached hydrogen (secondary N) is 1. The van der Waals surface area contributed by atoms with Crippen molar-refractivity contribution in [1.82, 2.24) is 5.32 Å². The number of hydrogen-bond donors (Lipinski definition) is 1. The average Bonchev–Trinajstić information content (AvgIpc) is 2.79. The molecule has 1 N–H and O–H groups in total. The summed E-state index contributed by atoms with van der Waals surface area (Å²) in [7, 11) is 4.64. The number of thioether (sulfide) groups is 1. The monoisotopic (exact) mass is 461 g/mol.